The molecule has 0 spiro atoms. The van der Waals surface area contributed by atoms with Crippen LogP contribution in [0.3, 0.4) is 0 Å². The predicted octanol–water partition coefficient (Wildman–Crippen LogP) is 14.9. The van der Waals surface area contributed by atoms with Gasteiger partial charge in [-0.15, -0.1) is 0 Å². The Morgan fingerprint density at radius 3 is 1.45 bits per heavy atom. The third-order valence-corrected chi connectivity index (χ3v) is 11.6. The first-order valence-electron chi connectivity index (χ1n) is 20.9. The number of hydrogen-bond donors (Lipinski definition) is 0. The van der Waals surface area contributed by atoms with Gasteiger partial charge in [-0.25, -0.2) is 15.0 Å². The minimum atomic E-state index is 0.146. The van der Waals surface area contributed by atoms with Gasteiger partial charge in [-0.2, -0.15) is 0 Å². The fraction of sp³-hybridized carbons (Fsp3) is 0.0702. The highest BCUT2D eigenvalue weighted by Gasteiger charge is 2.26. The third kappa shape index (κ3) is 7.27. The monoisotopic (exact) mass is 769 g/mol. The first-order valence-corrected chi connectivity index (χ1v) is 20.9. The molecule has 2 aliphatic rings. The normalized spacial score (nSPS) is 14.5. The van der Waals surface area contributed by atoms with Crippen molar-refractivity contribution in [1.29, 1.82) is 0 Å². The van der Waals surface area contributed by atoms with Crippen LogP contribution in [0.1, 0.15) is 36.3 Å². The molecule has 3 heteroatoms. The molecule has 286 valence electrons. The summed E-state index contributed by atoms with van der Waals surface area (Å²) in [7, 11) is 0. The lowest BCUT2D eigenvalue weighted by atomic mass is 9.83. The fourth-order valence-electron chi connectivity index (χ4n) is 8.73. The Kier molecular flexibility index (Phi) is 10.3. The summed E-state index contributed by atoms with van der Waals surface area (Å²) in [5.74, 6) is 2.08. The van der Waals surface area contributed by atoms with Gasteiger partial charge in [0.05, 0.1) is 0 Å². The molecule has 1 heterocycles. The van der Waals surface area contributed by atoms with Crippen molar-refractivity contribution < 1.29 is 0 Å². The summed E-state index contributed by atoms with van der Waals surface area (Å²) < 4.78 is 0. The molecule has 2 aliphatic carbocycles. The molecule has 7 aromatic carbocycles. The van der Waals surface area contributed by atoms with E-state index in [-0.39, 0.29) is 5.92 Å². The molecule has 0 saturated heterocycles. The first-order chi connectivity index (χ1) is 29.8. The van der Waals surface area contributed by atoms with Crippen LogP contribution < -0.4 is 0 Å². The van der Waals surface area contributed by atoms with Gasteiger partial charge in [0.25, 0.3) is 0 Å². The first kappa shape index (κ1) is 36.8. The van der Waals surface area contributed by atoms with Crippen LogP contribution in [0.5, 0.6) is 0 Å². The molecule has 0 aliphatic heterocycles. The van der Waals surface area contributed by atoms with E-state index in [1.165, 1.54) is 11.1 Å². The van der Waals surface area contributed by atoms with Gasteiger partial charge in [0.15, 0.2) is 17.5 Å². The molecule has 8 aromatic rings. The smallest absolute Gasteiger partial charge is 0.165 e. The Bertz CT molecular complexity index is 2940. The van der Waals surface area contributed by atoms with Crippen molar-refractivity contribution in [2.75, 3.05) is 0 Å². The topological polar surface area (TPSA) is 38.7 Å². The van der Waals surface area contributed by atoms with Crippen molar-refractivity contribution in [3.8, 4) is 78.7 Å². The Balaban J connectivity index is 1.29. The van der Waals surface area contributed by atoms with Gasteiger partial charge in [-0.1, -0.05) is 218 Å². The maximum atomic E-state index is 5.67. The number of allylic oxidation sites excluding steroid dienone is 8. The minimum Gasteiger partial charge on any atom is -0.208 e. The number of benzene rings is 7. The van der Waals surface area contributed by atoms with Crippen molar-refractivity contribution >= 4 is 5.57 Å². The molecule has 0 bridgehead atoms. The quantitative estimate of drug-likeness (QED) is 0.147. The minimum absolute atomic E-state index is 0.146. The summed E-state index contributed by atoms with van der Waals surface area (Å²) in [6, 6.07) is 62.4. The molecular formula is C57H43N3. The lowest BCUT2D eigenvalue weighted by Crippen LogP contribution is -2.07. The second kappa shape index (κ2) is 16.8. The highest BCUT2D eigenvalue weighted by Crippen LogP contribution is 2.45. The van der Waals surface area contributed by atoms with Gasteiger partial charge >= 0.3 is 0 Å². The van der Waals surface area contributed by atoms with Crippen molar-refractivity contribution in [2.45, 2.75) is 25.2 Å². The van der Waals surface area contributed by atoms with E-state index in [4.69, 9.17) is 15.0 Å². The van der Waals surface area contributed by atoms with Crippen molar-refractivity contribution in [1.82, 2.24) is 15.0 Å². The van der Waals surface area contributed by atoms with E-state index in [2.05, 4.69) is 212 Å². The fourth-order valence-corrected chi connectivity index (χ4v) is 8.73. The molecule has 1 aromatic heterocycles. The Morgan fingerprint density at radius 1 is 0.367 bits per heavy atom. The molecule has 10 rings (SSSR count). The molecule has 60 heavy (non-hydrogen) atoms. The second-order valence-corrected chi connectivity index (χ2v) is 15.3. The van der Waals surface area contributed by atoms with Gasteiger partial charge in [0, 0.05) is 22.6 Å². The second-order valence-electron chi connectivity index (χ2n) is 15.3. The number of rotatable bonds is 9. The summed E-state index contributed by atoms with van der Waals surface area (Å²) in [5.41, 5.74) is 15.5. The van der Waals surface area contributed by atoms with Crippen LogP contribution in [-0.4, -0.2) is 15.0 Å². The summed E-state index contributed by atoms with van der Waals surface area (Å²) in [5, 5.41) is 0. The molecule has 0 radical (unpaired) electrons. The molecule has 3 nitrogen and oxygen atoms in total. The highest BCUT2D eigenvalue weighted by atomic mass is 15.0. The van der Waals surface area contributed by atoms with Gasteiger partial charge in [-0.05, 0) is 80.5 Å². The van der Waals surface area contributed by atoms with Gasteiger partial charge in [0.2, 0.25) is 0 Å². The van der Waals surface area contributed by atoms with Crippen LogP contribution in [0.25, 0.3) is 84.2 Å². The van der Waals surface area contributed by atoms with Crippen LogP contribution in [0.4, 0.5) is 0 Å². The Labute approximate surface area is 352 Å². The van der Waals surface area contributed by atoms with E-state index in [1.807, 2.05) is 6.07 Å². The maximum absolute atomic E-state index is 5.67. The number of hydrogen-bond acceptors (Lipinski definition) is 3. The van der Waals surface area contributed by atoms with Crippen molar-refractivity contribution in [2.24, 2.45) is 0 Å². The maximum Gasteiger partial charge on any atom is 0.165 e. The molecule has 0 saturated carbocycles. The predicted molar refractivity (Wildman–Crippen MR) is 250 cm³/mol. The lowest BCUT2D eigenvalue weighted by Gasteiger charge is -2.23. The van der Waals surface area contributed by atoms with Crippen LogP contribution in [0.15, 0.2) is 218 Å². The van der Waals surface area contributed by atoms with Crippen LogP contribution in [0.2, 0.25) is 0 Å². The number of nitrogens with zero attached hydrogens (tertiary/aromatic N) is 3. The van der Waals surface area contributed by atoms with E-state index in [0.717, 1.165) is 86.0 Å². The standard InChI is InChI=1S/C57H43N3/c1-6-22-40(23-7-1)45-32-16-18-34-49(45)51-38-20-36-47(42-26-10-3-11-27-42)53(51)56-58-55(44-30-14-5-15-31-44)59-57(60-56)54-48(43-28-12-4-13-29-43)37-21-39-52(54)50-35-19-17-33-46(50)41-24-8-2-9-25-41/h1-3,5-12,14-26,28-39,42H,4,13,27H2. The summed E-state index contributed by atoms with van der Waals surface area (Å²) in [6.07, 6.45) is 18.6. The summed E-state index contributed by atoms with van der Waals surface area (Å²) in [6.45, 7) is 0. The molecule has 0 amide bonds. The largest absolute Gasteiger partial charge is 0.208 e. The zero-order chi connectivity index (χ0) is 40.1. The summed E-state index contributed by atoms with van der Waals surface area (Å²) in [4.78, 5) is 16.6. The molecule has 0 N–H and O–H groups in total. The zero-order valence-electron chi connectivity index (χ0n) is 33.3. The van der Waals surface area contributed by atoms with Crippen LogP contribution in [0, 0.1) is 0 Å². The third-order valence-electron chi connectivity index (χ3n) is 11.6. The molecule has 1 unspecified atom stereocenters. The van der Waals surface area contributed by atoms with E-state index in [0.29, 0.717) is 17.5 Å². The average Bonchev–Trinajstić information content (AvgIpc) is 3.34. The molecule has 1 atom stereocenters. The van der Waals surface area contributed by atoms with E-state index in [9.17, 15) is 0 Å². The van der Waals surface area contributed by atoms with E-state index in [1.54, 1.807) is 0 Å². The summed E-state index contributed by atoms with van der Waals surface area (Å²) >= 11 is 0. The van der Waals surface area contributed by atoms with Gasteiger partial charge in [0.1, 0.15) is 0 Å². The van der Waals surface area contributed by atoms with E-state index >= 15 is 0 Å². The van der Waals surface area contributed by atoms with Crippen molar-refractivity contribution in [3.05, 3.63) is 230 Å². The van der Waals surface area contributed by atoms with Crippen LogP contribution in [-0.2, 0) is 0 Å². The van der Waals surface area contributed by atoms with Gasteiger partial charge < -0.3 is 0 Å². The van der Waals surface area contributed by atoms with E-state index < -0.39 is 0 Å². The average molecular weight is 770 g/mol. The molecule has 0 fully saturated rings. The van der Waals surface area contributed by atoms with Crippen LogP contribution >= 0.6 is 0 Å². The SMILES string of the molecule is C1=CCC(c2cccc(-c3ccccc3-c3ccccc3)c2-c2nc(-c3ccccc3)nc(-c3c(C4=CCCC=C4)cccc3-c3ccccc3-c3ccccc3)n2)C=C1. The highest BCUT2D eigenvalue weighted by molar-refractivity contribution is 5.98. The Morgan fingerprint density at radius 2 is 0.867 bits per heavy atom. The lowest BCUT2D eigenvalue weighted by molar-refractivity contribution is 0.853. The van der Waals surface area contributed by atoms with Crippen molar-refractivity contribution in [3.63, 3.8) is 0 Å². The Hall–Kier alpha value is -7.49. The zero-order valence-corrected chi connectivity index (χ0v) is 33.3. The number of aromatic nitrogens is 3. The van der Waals surface area contributed by atoms with Gasteiger partial charge in [-0.3, -0.25) is 0 Å². The molecular weight excluding hydrogens is 727 g/mol.